The quantitative estimate of drug-likeness (QED) is 0.280. The molecule has 0 unspecified atom stereocenters. The number of hydrogen-bond acceptors (Lipinski definition) is 2. The number of aromatic nitrogens is 2. The number of rotatable bonds is 4. The maximum Gasteiger partial charge on any atom is 0.145 e. The summed E-state index contributed by atoms with van der Waals surface area (Å²) in [5, 5.41) is 0. The number of imidazole rings is 1. The van der Waals surface area contributed by atoms with E-state index in [2.05, 4.69) is 98.1 Å². The van der Waals surface area contributed by atoms with Crippen molar-refractivity contribution in [2.45, 2.75) is 20.8 Å². The lowest BCUT2D eigenvalue weighted by molar-refractivity contribution is 1.10. The predicted octanol–water partition coefficient (Wildman–Crippen LogP) is 7.45. The van der Waals surface area contributed by atoms with Gasteiger partial charge in [0, 0.05) is 17.0 Å². The smallest absolute Gasteiger partial charge is 0.145 e. The molecular weight excluding hydrogens is 390 g/mol. The van der Waals surface area contributed by atoms with Gasteiger partial charge < -0.3 is 0 Å². The first kappa shape index (κ1) is 20.0. The van der Waals surface area contributed by atoms with Crippen LogP contribution in [0.4, 0.5) is 5.69 Å². The van der Waals surface area contributed by atoms with Gasteiger partial charge in [0.15, 0.2) is 0 Å². The van der Waals surface area contributed by atoms with Crippen molar-refractivity contribution in [2.75, 3.05) is 0 Å². The molecule has 156 valence electrons. The van der Waals surface area contributed by atoms with Crippen LogP contribution in [0.5, 0.6) is 0 Å². The molecule has 0 bridgehead atoms. The lowest BCUT2D eigenvalue weighted by atomic mass is 10.0. The first-order chi connectivity index (χ1) is 15.6. The summed E-state index contributed by atoms with van der Waals surface area (Å²) in [6.07, 6.45) is 0. The zero-order valence-electron chi connectivity index (χ0n) is 18.6. The van der Waals surface area contributed by atoms with E-state index in [0.29, 0.717) is 0 Å². The minimum absolute atomic E-state index is 0.936. The summed E-state index contributed by atoms with van der Waals surface area (Å²) >= 11 is 0. The van der Waals surface area contributed by atoms with E-state index in [1.807, 2.05) is 24.3 Å². The van der Waals surface area contributed by atoms with Crippen LogP contribution >= 0.6 is 0 Å². The molecule has 5 aromatic rings. The second-order valence-corrected chi connectivity index (χ2v) is 8.17. The van der Waals surface area contributed by atoms with Crippen LogP contribution in [0, 0.1) is 13.8 Å². The fourth-order valence-electron chi connectivity index (χ4n) is 4.11. The van der Waals surface area contributed by atoms with Crippen LogP contribution in [0.1, 0.15) is 23.6 Å². The monoisotopic (exact) mass is 415 g/mol. The number of benzene rings is 4. The normalized spacial score (nSPS) is 11.8. The molecule has 1 heterocycles. The standard InChI is InChI=1S/C29H25N3/c1-20-17-23(22(3)30-26-14-8-7-11-21(26)2)19-24(18-20)29-31-27-15-9-10-16-28(27)32(29)25-12-5-4-6-13-25/h4-19H,1-3H3/b30-22+. The van der Waals surface area contributed by atoms with Crippen molar-refractivity contribution < 1.29 is 0 Å². The van der Waals surface area contributed by atoms with Gasteiger partial charge >= 0.3 is 0 Å². The average molecular weight is 416 g/mol. The predicted molar refractivity (Wildman–Crippen MR) is 134 cm³/mol. The Kier molecular flexibility index (Phi) is 5.16. The Morgan fingerprint density at radius 1 is 0.781 bits per heavy atom. The molecule has 0 aliphatic rings. The van der Waals surface area contributed by atoms with Crippen LogP contribution in [0.25, 0.3) is 28.1 Å². The molecule has 3 nitrogen and oxygen atoms in total. The Bertz CT molecular complexity index is 1440. The van der Waals surface area contributed by atoms with Crippen LogP contribution in [0.2, 0.25) is 0 Å². The number of nitrogens with zero attached hydrogens (tertiary/aromatic N) is 3. The van der Waals surface area contributed by atoms with E-state index in [9.17, 15) is 0 Å². The van der Waals surface area contributed by atoms with Gasteiger partial charge in [-0.3, -0.25) is 9.56 Å². The molecule has 0 atom stereocenters. The van der Waals surface area contributed by atoms with Gasteiger partial charge in [0.1, 0.15) is 5.82 Å². The maximum absolute atomic E-state index is 5.02. The van der Waals surface area contributed by atoms with Gasteiger partial charge in [0.05, 0.1) is 16.7 Å². The van der Waals surface area contributed by atoms with Crippen molar-refractivity contribution in [3.63, 3.8) is 0 Å². The Balaban J connectivity index is 1.69. The molecule has 1 aromatic heterocycles. The molecule has 0 spiro atoms. The first-order valence-corrected chi connectivity index (χ1v) is 10.9. The highest BCUT2D eigenvalue weighted by Gasteiger charge is 2.15. The van der Waals surface area contributed by atoms with Crippen molar-refractivity contribution in [2.24, 2.45) is 4.99 Å². The van der Waals surface area contributed by atoms with Crippen LogP contribution in [0.15, 0.2) is 102 Å². The second-order valence-electron chi connectivity index (χ2n) is 8.17. The molecule has 0 fully saturated rings. The Morgan fingerprint density at radius 3 is 2.31 bits per heavy atom. The van der Waals surface area contributed by atoms with E-state index in [1.54, 1.807) is 0 Å². The van der Waals surface area contributed by atoms with E-state index in [0.717, 1.165) is 45.1 Å². The third kappa shape index (κ3) is 3.74. The molecular formula is C29H25N3. The fourth-order valence-corrected chi connectivity index (χ4v) is 4.11. The molecule has 0 aliphatic heterocycles. The highest BCUT2D eigenvalue weighted by atomic mass is 15.1. The van der Waals surface area contributed by atoms with Crippen LogP contribution in [0.3, 0.4) is 0 Å². The van der Waals surface area contributed by atoms with E-state index >= 15 is 0 Å². The van der Waals surface area contributed by atoms with Gasteiger partial charge in [-0.25, -0.2) is 4.98 Å². The minimum Gasteiger partial charge on any atom is -0.292 e. The Hall–Kier alpha value is -3.98. The summed E-state index contributed by atoms with van der Waals surface area (Å²) in [6, 6.07) is 33.5. The summed E-state index contributed by atoms with van der Waals surface area (Å²) in [6.45, 7) is 6.30. The number of fused-ring (bicyclic) bond motifs is 1. The van der Waals surface area contributed by atoms with Gasteiger partial charge in [-0.1, -0.05) is 54.6 Å². The largest absolute Gasteiger partial charge is 0.292 e. The third-order valence-corrected chi connectivity index (χ3v) is 5.73. The highest BCUT2D eigenvalue weighted by Crippen LogP contribution is 2.30. The molecule has 5 rings (SSSR count). The third-order valence-electron chi connectivity index (χ3n) is 5.73. The Labute approximate surface area is 188 Å². The van der Waals surface area contributed by atoms with Crippen molar-refractivity contribution in [3.05, 3.63) is 114 Å². The van der Waals surface area contributed by atoms with E-state index in [4.69, 9.17) is 9.98 Å². The van der Waals surface area contributed by atoms with Gasteiger partial charge in [0.2, 0.25) is 0 Å². The number of aryl methyl sites for hydroxylation is 2. The lowest BCUT2D eigenvalue weighted by Crippen LogP contribution is -2.00. The van der Waals surface area contributed by atoms with Crippen LogP contribution in [-0.4, -0.2) is 15.3 Å². The van der Waals surface area contributed by atoms with Crippen molar-refractivity contribution in [3.8, 4) is 17.1 Å². The lowest BCUT2D eigenvalue weighted by Gasteiger charge is -2.12. The SMILES string of the molecule is C/C(=N\c1ccccc1C)c1cc(C)cc(-c2nc3ccccc3n2-c2ccccc2)c1. The molecule has 0 N–H and O–H groups in total. The van der Waals surface area contributed by atoms with Gasteiger partial charge in [-0.15, -0.1) is 0 Å². The zero-order chi connectivity index (χ0) is 22.1. The zero-order valence-corrected chi connectivity index (χ0v) is 18.6. The summed E-state index contributed by atoms with van der Waals surface area (Å²) in [7, 11) is 0. The van der Waals surface area contributed by atoms with Crippen molar-refractivity contribution >= 4 is 22.4 Å². The van der Waals surface area contributed by atoms with Gasteiger partial charge in [-0.2, -0.15) is 0 Å². The molecule has 0 saturated heterocycles. The van der Waals surface area contributed by atoms with E-state index in [-0.39, 0.29) is 0 Å². The molecule has 0 saturated carbocycles. The molecule has 0 radical (unpaired) electrons. The fraction of sp³-hybridized carbons (Fsp3) is 0.103. The van der Waals surface area contributed by atoms with Crippen molar-refractivity contribution in [1.29, 1.82) is 0 Å². The van der Waals surface area contributed by atoms with E-state index < -0.39 is 0 Å². The molecule has 32 heavy (non-hydrogen) atoms. The second kappa shape index (κ2) is 8.27. The first-order valence-electron chi connectivity index (χ1n) is 10.9. The Morgan fingerprint density at radius 2 is 1.50 bits per heavy atom. The summed E-state index contributed by atoms with van der Waals surface area (Å²) < 4.78 is 2.24. The summed E-state index contributed by atoms with van der Waals surface area (Å²) in [5.41, 5.74) is 9.73. The minimum atomic E-state index is 0.936. The number of para-hydroxylation sites is 4. The maximum atomic E-state index is 5.02. The molecule has 0 aliphatic carbocycles. The topological polar surface area (TPSA) is 30.2 Å². The highest BCUT2D eigenvalue weighted by molar-refractivity contribution is 6.01. The molecule has 3 heteroatoms. The molecule has 4 aromatic carbocycles. The van der Waals surface area contributed by atoms with Gasteiger partial charge in [-0.05, 0) is 79.9 Å². The molecule has 0 amide bonds. The summed E-state index contributed by atoms with van der Waals surface area (Å²) in [5.74, 6) is 0.936. The van der Waals surface area contributed by atoms with Gasteiger partial charge in [0.25, 0.3) is 0 Å². The summed E-state index contributed by atoms with van der Waals surface area (Å²) in [4.78, 5) is 9.94. The van der Waals surface area contributed by atoms with Crippen LogP contribution < -0.4 is 0 Å². The number of aliphatic imine (C=N–C) groups is 1. The van der Waals surface area contributed by atoms with Crippen molar-refractivity contribution in [1.82, 2.24) is 9.55 Å². The van der Waals surface area contributed by atoms with Crippen LogP contribution in [-0.2, 0) is 0 Å². The number of hydrogen-bond donors (Lipinski definition) is 0. The van der Waals surface area contributed by atoms with E-state index in [1.165, 1.54) is 11.1 Å². The average Bonchev–Trinajstić information content (AvgIpc) is 3.20.